The lowest BCUT2D eigenvalue weighted by Crippen LogP contribution is -2.33. The van der Waals surface area contributed by atoms with Crippen molar-refractivity contribution >= 4 is 5.91 Å². The highest BCUT2D eigenvalue weighted by molar-refractivity contribution is 5.96. The second kappa shape index (κ2) is 5.54. The van der Waals surface area contributed by atoms with Gasteiger partial charge in [-0.15, -0.1) is 0 Å². The topological polar surface area (TPSA) is 42.4 Å². The van der Waals surface area contributed by atoms with Crippen molar-refractivity contribution < 1.29 is 9.53 Å². The number of allylic oxidation sites excluding steroid dienone is 1. The smallest absolute Gasteiger partial charge is 0.255 e. The van der Waals surface area contributed by atoms with Gasteiger partial charge in [0.2, 0.25) is 5.88 Å². The first-order valence-corrected chi connectivity index (χ1v) is 7.85. The summed E-state index contributed by atoms with van der Waals surface area (Å²) in [5.74, 6) is 0.810. The second-order valence-electron chi connectivity index (χ2n) is 6.07. The molecule has 1 aliphatic heterocycles. The van der Waals surface area contributed by atoms with Crippen LogP contribution in [-0.2, 0) is 6.61 Å². The van der Waals surface area contributed by atoms with Gasteiger partial charge in [0.1, 0.15) is 6.61 Å². The average molecular weight is 306 g/mol. The third-order valence-electron chi connectivity index (χ3n) is 4.59. The van der Waals surface area contributed by atoms with Gasteiger partial charge in [-0.25, -0.2) is 4.98 Å². The van der Waals surface area contributed by atoms with Crippen molar-refractivity contribution in [2.45, 2.75) is 25.0 Å². The van der Waals surface area contributed by atoms with Crippen molar-refractivity contribution in [3.63, 3.8) is 0 Å². The molecule has 2 heterocycles. The third kappa shape index (κ3) is 2.50. The lowest BCUT2D eigenvalue weighted by molar-refractivity contribution is 0.0766. The van der Waals surface area contributed by atoms with Gasteiger partial charge in [-0.05, 0) is 18.1 Å². The van der Waals surface area contributed by atoms with Gasteiger partial charge in [-0.2, -0.15) is 0 Å². The van der Waals surface area contributed by atoms with Gasteiger partial charge >= 0.3 is 0 Å². The number of carbonyl (C=O) groups is 1. The molecular formula is C19H18N2O2. The van der Waals surface area contributed by atoms with E-state index in [1.165, 1.54) is 0 Å². The van der Waals surface area contributed by atoms with Crippen molar-refractivity contribution in [3.05, 3.63) is 71.4 Å². The molecule has 0 radical (unpaired) electrons. The number of carbonyl (C=O) groups excluding carboxylic acids is 1. The average Bonchev–Trinajstić information content (AvgIpc) is 3.06. The minimum absolute atomic E-state index is 0.0407. The number of benzene rings is 1. The molecule has 2 bridgehead atoms. The van der Waals surface area contributed by atoms with Crippen molar-refractivity contribution in [2.75, 3.05) is 7.05 Å². The van der Waals surface area contributed by atoms with Gasteiger partial charge in [0.25, 0.3) is 5.91 Å². The fraction of sp³-hybridized carbons (Fsp3) is 0.263. The van der Waals surface area contributed by atoms with Crippen LogP contribution in [0.4, 0.5) is 0 Å². The zero-order valence-electron chi connectivity index (χ0n) is 13.0. The van der Waals surface area contributed by atoms with E-state index < -0.39 is 0 Å². The first kappa shape index (κ1) is 14.0. The van der Waals surface area contributed by atoms with Crippen LogP contribution < -0.4 is 4.74 Å². The van der Waals surface area contributed by atoms with E-state index in [-0.39, 0.29) is 17.9 Å². The van der Waals surface area contributed by atoms with Crippen LogP contribution in [0, 0.1) is 0 Å². The summed E-state index contributed by atoms with van der Waals surface area (Å²) < 4.78 is 5.81. The van der Waals surface area contributed by atoms with Gasteiger partial charge in [-0.3, -0.25) is 4.79 Å². The number of hydrogen-bond acceptors (Lipinski definition) is 3. The molecule has 0 N–H and O–H groups in total. The molecule has 2 aliphatic rings. The molecule has 1 aromatic carbocycles. The lowest BCUT2D eigenvalue weighted by atomic mass is 10.0. The number of fused-ring (bicyclic) bond motifs is 4. The fourth-order valence-electron chi connectivity index (χ4n) is 3.24. The van der Waals surface area contributed by atoms with E-state index >= 15 is 0 Å². The van der Waals surface area contributed by atoms with Gasteiger partial charge in [0.05, 0.1) is 17.3 Å². The van der Waals surface area contributed by atoms with E-state index in [0.717, 1.165) is 17.7 Å². The molecule has 0 fully saturated rings. The van der Waals surface area contributed by atoms with E-state index in [1.54, 1.807) is 11.0 Å². The molecular weight excluding hydrogens is 288 g/mol. The summed E-state index contributed by atoms with van der Waals surface area (Å²) in [6, 6.07) is 13.8. The number of rotatable bonds is 3. The third-order valence-corrected chi connectivity index (χ3v) is 4.59. The Balaban J connectivity index is 1.62. The van der Waals surface area contributed by atoms with Crippen LogP contribution in [-0.4, -0.2) is 28.9 Å². The maximum atomic E-state index is 12.5. The Hall–Kier alpha value is -2.62. The van der Waals surface area contributed by atoms with E-state index in [1.807, 2.05) is 43.4 Å². The van der Waals surface area contributed by atoms with Crippen LogP contribution in [0.1, 0.15) is 34.0 Å². The molecule has 4 nitrogen and oxygen atoms in total. The van der Waals surface area contributed by atoms with Crippen molar-refractivity contribution in [1.82, 2.24) is 9.88 Å². The molecule has 0 spiro atoms. The van der Waals surface area contributed by atoms with Gasteiger partial charge in [0.15, 0.2) is 0 Å². The van der Waals surface area contributed by atoms with Crippen LogP contribution in [0.15, 0.2) is 54.6 Å². The number of nitrogens with zero attached hydrogens (tertiary/aromatic N) is 2. The van der Waals surface area contributed by atoms with Gasteiger partial charge < -0.3 is 9.64 Å². The molecule has 2 aromatic rings. The monoisotopic (exact) mass is 306 g/mol. The Kier molecular flexibility index (Phi) is 3.37. The van der Waals surface area contributed by atoms with E-state index in [2.05, 4.69) is 17.1 Å². The fourth-order valence-corrected chi connectivity index (χ4v) is 3.24. The molecule has 1 amide bonds. The summed E-state index contributed by atoms with van der Waals surface area (Å²) in [5, 5.41) is 0. The van der Waals surface area contributed by atoms with E-state index in [4.69, 9.17) is 4.74 Å². The summed E-state index contributed by atoms with van der Waals surface area (Å²) in [7, 11) is 1.86. The highest BCUT2D eigenvalue weighted by Gasteiger charge is 2.35. The number of amides is 1. The van der Waals surface area contributed by atoms with E-state index in [9.17, 15) is 4.79 Å². The second-order valence-corrected chi connectivity index (χ2v) is 6.07. The maximum Gasteiger partial charge on any atom is 0.255 e. The summed E-state index contributed by atoms with van der Waals surface area (Å²) in [5.41, 5.74) is 2.63. The first-order valence-electron chi connectivity index (χ1n) is 7.85. The predicted octanol–water partition coefficient (Wildman–Crippen LogP) is 3.16. The Morgan fingerprint density at radius 3 is 2.83 bits per heavy atom. The number of ether oxygens (including phenoxy) is 1. The van der Waals surface area contributed by atoms with Crippen molar-refractivity contribution in [3.8, 4) is 5.88 Å². The molecule has 4 rings (SSSR count). The lowest BCUT2D eigenvalue weighted by Gasteiger charge is -2.21. The highest BCUT2D eigenvalue weighted by atomic mass is 16.5. The standard InChI is InChI=1S/C19H18N2O2/c1-21-15-8-7-14(11-15)18-16(19(21)22)9-10-17(20-18)23-12-13-5-3-2-4-6-13/h2-10,14-15H,11-12H2,1H3. The first-order chi connectivity index (χ1) is 11.2. The van der Waals surface area contributed by atoms with E-state index in [0.29, 0.717) is 18.1 Å². The SMILES string of the molecule is CN1C(=O)c2ccc(OCc3ccccc3)nc2C2C=CC1C2. The number of hydrogen-bond donors (Lipinski definition) is 0. The molecule has 0 saturated heterocycles. The number of likely N-dealkylation sites (N-methyl/N-ethyl adjacent to an activating group) is 1. The van der Waals surface area contributed by atoms with Crippen molar-refractivity contribution in [2.24, 2.45) is 0 Å². The largest absolute Gasteiger partial charge is 0.473 e. The Morgan fingerprint density at radius 2 is 2.00 bits per heavy atom. The number of pyridine rings is 1. The van der Waals surface area contributed by atoms with Gasteiger partial charge in [-0.1, -0.05) is 42.5 Å². The Bertz CT molecular complexity index is 770. The Labute approximate surface area is 135 Å². The molecule has 0 saturated carbocycles. The molecule has 1 aromatic heterocycles. The van der Waals surface area contributed by atoms with Crippen LogP contribution in [0.25, 0.3) is 0 Å². The highest BCUT2D eigenvalue weighted by Crippen LogP contribution is 2.36. The van der Waals surface area contributed by atoms with Crippen LogP contribution in [0.3, 0.4) is 0 Å². The predicted molar refractivity (Wildman–Crippen MR) is 87.4 cm³/mol. The Morgan fingerprint density at radius 1 is 1.17 bits per heavy atom. The minimum atomic E-state index is 0.0407. The number of aromatic nitrogens is 1. The summed E-state index contributed by atoms with van der Waals surface area (Å²) in [6.07, 6.45) is 5.16. The maximum absolute atomic E-state index is 12.5. The summed E-state index contributed by atoms with van der Waals surface area (Å²) >= 11 is 0. The molecule has 2 atom stereocenters. The molecule has 23 heavy (non-hydrogen) atoms. The zero-order chi connectivity index (χ0) is 15.8. The van der Waals surface area contributed by atoms with Crippen LogP contribution >= 0.6 is 0 Å². The molecule has 1 aliphatic carbocycles. The molecule has 116 valence electrons. The quantitative estimate of drug-likeness (QED) is 0.818. The van der Waals surface area contributed by atoms with Gasteiger partial charge in [0, 0.05) is 19.0 Å². The summed E-state index contributed by atoms with van der Waals surface area (Å²) in [4.78, 5) is 19.0. The normalized spacial score (nSPS) is 22.0. The van der Waals surface area contributed by atoms with Crippen LogP contribution in [0.5, 0.6) is 5.88 Å². The van der Waals surface area contributed by atoms with Crippen molar-refractivity contribution in [1.29, 1.82) is 0 Å². The zero-order valence-corrected chi connectivity index (χ0v) is 13.0. The molecule has 4 heteroatoms. The summed E-state index contributed by atoms with van der Waals surface area (Å²) in [6.45, 7) is 0.476. The van der Waals surface area contributed by atoms with Crippen LogP contribution in [0.2, 0.25) is 0 Å². The minimum Gasteiger partial charge on any atom is -0.473 e. The molecule has 2 unspecified atom stereocenters.